The number of hydrogen-bond donors (Lipinski definition) is 0. The Morgan fingerprint density at radius 3 is 2.68 bits per heavy atom. The molecular formula is C17H21ClO4. The number of carbonyl (C=O) groups excluding carboxylic acids is 1. The van der Waals surface area contributed by atoms with E-state index in [2.05, 4.69) is 0 Å². The number of benzene rings is 1. The van der Waals surface area contributed by atoms with E-state index in [1.807, 2.05) is 24.3 Å². The van der Waals surface area contributed by atoms with Crippen LogP contribution in [0.3, 0.4) is 0 Å². The second-order valence-electron chi connectivity index (χ2n) is 5.98. The summed E-state index contributed by atoms with van der Waals surface area (Å²) in [5.41, 5.74) is 0.958. The second kappa shape index (κ2) is 6.57. The molecule has 4 nitrogen and oxygen atoms in total. The molecule has 0 radical (unpaired) electrons. The van der Waals surface area contributed by atoms with Crippen molar-refractivity contribution < 1.29 is 19.0 Å². The van der Waals surface area contributed by atoms with Gasteiger partial charge in [-0.15, -0.1) is 0 Å². The molecule has 1 spiro atoms. The number of halogens is 1. The summed E-state index contributed by atoms with van der Waals surface area (Å²) in [6, 6.07) is 7.61. The molecule has 0 bridgehead atoms. The van der Waals surface area contributed by atoms with Gasteiger partial charge in [0.25, 0.3) is 0 Å². The van der Waals surface area contributed by atoms with Crippen LogP contribution in [0.25, 0.3) is 0 Å². The van der Waals surface area contributed by atoms with Crippen molar-refractivity contribution in [3.8, 4) is 0 Å². The fourth-order valence-corrected chi connectivity index (χ4v) is 3.56. The first-order valence-electron chi connectivity index (χ1n) is 7.80. The maximum absolute atomic E-state index is 12.1. The van der Waals surface area contributed by atoms with Crippen molar-refractivity contribution in [1.29, 1.82) is 0 Å². The molecule has 0 unspecified atom stereocenters. The molecule has 1 aromatic carbocycles. The van der Waals surface area contributed by atoms with Crippen LogP contribution in [0, 0.1) is 0 Å². The van der Waals surface area contributed by atoms with Crippen LogP contribution in [-0.2, 0) is 25.4 Å². The minimum Gasteiger partial charge on any atom is -0.467 e. The molecular weight excluding hydrogens is 304 g/mol. The number of methoxy groups -OCH3 is 1. The van der Waals surface area contributed by atoms with Gasteiger partial charge in [-0.05, 0) is 24.5 Å². The van der Waals surface area contributed by atoms with Crippen LogP contribution in [0.4, 0.5) is 0 Å². The van der Waals surface area contributed by atoms with Crippen molar-refractivity contribution in [3.05, 3.63) is 34.9 Å². The van der Waals surface area contributed by atoms with E-state index in [9.17, 15) is 4.79 Å². The standard InChI is InChI=1S/C17H21ClO4/c1-20-16(19)15-14(11-12-7-3-4-8-13(12)18)21-17(22-15)9-5-2-6-10-17/h3-4,7-8,14-15H,2,5-6,9-11H2,1H3/t14-,15+/m1/s1. The zero-order valence-electron chi connectivity index (χ0n) is 12.7. The Bertz CT molecular complexity index is 539. The van der Waals surface area contributed by atoms with Gasteiger partial charge < -0.3 is 14.2 Å². The van der Waals surface area contributed by atoms with E-state index in [-0.39, 0.29) is 12.1 Å². The summed E-state index contributed by atoms with van der Waals surface area (Å²) in [5.74, 6) is -0.997. The Hall–Kier alpha value is -1.10. The van der Waals surface area contributed by atoms with Crippen LogP contribution < -0.4 is 0 Å². The Labute approximate surface area is 135 Å². The van der Waals surface area contributed by atoms with Crippen molar-refractivity contribution >= 4 is 17.6 Å². The number of ether oxygens (including phenoxy) is 3. The average molecular weight is 325 g/mol. The van der Waals surface area contributed by atoms with Gasteiger partial charge in [0, 0.05) is 24.3 Å². The van der Waals surface area contributed by atoms with Gasteiger partial charge in [0.2, 0.25) is 0 Å². The monoisotopic (exact) mass is 324 g/mol. The highest BCUT2D eigenvalue weighted by Crippen LogP contribution is 2.41. The molecule has 2 fully saturated rings. The summed E-state index contributed by atoms with van der Waals surface area (Å²) in [5, 5.41) is 0.680. The molecule has 1 aliphatic carbocycles. The quantitative estimate of drug-likeness (QED) is 0.798. The fraction of sp³-hybridized carbons (Fsp3) is 0.588. The third-order valence-corrected chi connectivity index (χ3v) is 4.84. The molecule has 0 amide bonds. The third-order valence-electron chi connectivity index (χ3n) is 4.47. The lowest BCUT2D eigenvalue weighted by atomic mass is 9.94. The molecule has 1 saturated heterocycles. The Kier molecular flexibility index (Phi) is 4.71. The molecule has 0 aromatic heterocycles. The van der Waals surface area contributed by atoms with Crippen molar-refractivity contribution in [3.63, 3.8) is 0 Å². The van der Waals surface area contributed by atoms with E-state index in [0.717, 1.165) is 31.2 Å². The summed E-state index contributed by atoms with van der Waals surface area (Å²) >= 11 is 6.23. The second-order valence-corrected chi connectivity index (χ2v) is 6.39. The van der Waals surface area contributed by atoms with E-state index >= 15 is 0 Å². The normalized spacial score (nSPS) is 27.0. The van der Waals surface area contributed by atoms with Gasteiger partial charge in [0.1, 0.15) is 6.10 Å². The number of esters is 1. The van der Waals surface area contributed by atoms with Gasteiger partial charge in [-0.2, -0.15) is 0 Å². The van der Waals surface area contributed by atoms with Gasteiger partial charge in [-0.25, -0.2) is 4.79 Å². The molecule has 2 aliphatic rings. The summed E-state index contributed by atoms with van der Waals surface area (Å²) in [6.07, 6.45) is 4.48. The lowest BCUT2D eigenvalue weighted by Crippen LogP contribution is -2.35. The molecule has 5 heteroatoms. The molecule has 0 N–H and O–H groups in total. The van der Waals surface area contributed by atoms with Gasteiger partial charge in [0.05, 0.1) is 7.11 Å². The predicted octanol–water partition coefficient (Wildman–Crippen LogP) is 3.50. The van der Waals surface area contributed by atoms with Crippen LogP contribution in [0.15, 0.2) is 24.3 Å². The van der Waals surface area contributed by atoms with Gasteiger partial charge >= 0.3 is 5.97 Å². The highest BCUT2D eigenvalue weighted by Gasteiger charge is 2.51. The van der Waals surface area contributed by atoms with Crippen LogP contribution in [0.1, 0.15) is 37.7 Å². The van der Waals surface area contributed by atoms with Crippen molar-refractivity contribution in [2.75, 3.05) is 7.11 Å². The van der Waals surface area contributed by atoms with Crippen molar-refractivity contribution in [2.24, 2.45) is 0 Å². The first-order chi connectivity index (χ1) is 10.6. The summed E-state index contributed by atoms with van der Waals surface area (Å²) in [4.78, 5) is 12.1. The molecule has 2 atom stereocenters. The van der Waals surface area contributed by atoms with Crippen LogP contribution in [0.5, 0.6) is 0 Å². The predicted molar refractivity (Wildman–Crippen MR) is 82.7 cm³/mol. The molecule has 22 heavy (non-hydrogen) atoms. The summed E-state index contributed by atoms with van der Waals surface area (Å²) in [6.45, 7) is 0. The van der Waals surface area contributed by atoms with Gasteiger partial charge in [-0.3, -0.25) is 0 Å². The topological polar surface area (TPSA) is 44.8 Å². The van der Waals surface area contributed by atoms with Crippen molar-refractivity contribution in [1.82, 2.24) is 0 Å². The zero-order valence-corrected chi connectivity index (χ0v) is 13.5. The number of hydrogen-bond acceptors (Lipinski definition) is 4. The number of carbonyl (C=O) groups is 1. The van der Waals surface area contributed by atoms with Gasteiger partial charge in [0.15, 0.2) is 11.9 Å². The first kappa shape index (κ1) is 15.8. The van der Waals surface area contributed by atoms with Crippen molar-refractivity contribution in [2.45, 2.75) is 56.5 Å². The van der Waals surface area contributed by atoms with E-state index in [4.69, 9.17) is 25.8 Å². The first-order valence-corrected chi connectivity index (χ1v) is 8.18. The maximum Gasteiger partial charge on any atom is 0.337 e. The summed E-state index contributed by atoms with van der Waals surface area (Å²) in [7, 11) is 1.38. The van der Waals surface area contributed by atoms with Crippen LogP contribution in [-0.4, -0.2) is 31.1 Å². The molecule has 1 saturated carbocycles. The smallest absolute Gasteiger partial charge is 0.337 e. The largest absolute Gasteiger partial charge is 0.467 e. The fourth-order valence-electron chi connectivity index (χ4n) is 3.34. The lowest BCUT2D eigenvalue weighted by molar-refractivity contribution is -0.199. The Morgan fingerprint density at radius 1 is 1.27 bits per heavy atom. The van der Waals surface area contributed by atoms with Gasteiger partial charge in [-0.1, -0.05) is 36.2 Å². The average Bonchev–Trinajstić information content (AvgIpc) is 2.87. The lowest BCUT2D eigenvalue weighted by Gasteiger charge is -2.31. The molecule has 1 heterocycles. The van der Waals surface area contributed by atoms with E-state index in [1.54, 1.807) is 0 Å². The maximum atomic E-state index is 12.1. The van der Waals surface area contributed by atoms with E-state index in [0.29, 0.717) is 11.4 Å². The van der Waals surface area contributed by atoms with Crippen LogP contribution in [0.2, 0.25) is 5.02 Å². The summed E-state index contributed by atoms with van der Waals surface area (Å²) < 4.78 is 17.1. The molecule has 1 aliphatic heterocycles. The number of rotatable bonds is 3. The zero-order chi connectivity index (χ0) is 15.6. The third kappa shape index (κ3) is 3.14. The van der Waals surface area contributed by atoms with E-state index < -0.39 is 11.9 Å². The minimum absolute atomic E-state index is 0.356. The molecule has 1 aromatic rings. The molecule has 120 valence electrons. The SMILES string of the molecule is COC(=O)[C@H]1OC2(CCCCC2)O[C@@H]1Cc1ccccc1Cl. The van der Waals surface area contributed by atoms with E-state index in [1.165, 1.54) is 13.5 Å². The Balaban J connectivity index is 1.80. The highest BCUT2D eigenvalue weighted by atomic mass is 35.5. The Morgan fingerprint density at radius 2 is 2.00 bits per heavy atom. The molecule has 3 rings (SSSR count). The van der Waals surface area contributed by atoms with Crippen LogP contribution >= 0.6 is 11.6 Å². The minimum atomic E-state index is -0.681. The highest BCUT2D eigenvalue weighted by molar-refractivity contribution is 6.31.